The lowest BCUT2D eigenvalue weighted by molar-refractivity contribution is 0.596. The molecule has 1 aliphatic carbocycles. The number of hydrogen-bond acceptors (Lipinski definition) is 2. The molecule has 0 radical (unpaired) electrons. The maximum Gasteiger partial charge on any atom is 0.0618 e. The van der Waals surface area contributed by atoms with Gasteiger partial charge < -0.3 is 4.90 Å². The van der Waals surface area contributed by atoms with Crippen molar-refractivity contribution in [3.8, 4) is 44.5 Å². The fourth-order valence-corrected chi connectivity index (χ4v) is 12.1. The SMILES string of the molecule is CC(C)(C)c1cc(-c2ccccc2)c(N(c2ccc3c(c2)C(C)(C)c2ccccc2-3)c2ccc3ccccc3c2-c2ccc(-c3cccc4c3sc3ccccc34)cc2)c2ccccc12. The summed E-state index contributed by atoms with van der Waals surface area (Å²) in [5.41, 5.74) is 17.2. The predicted octanol–water partition coefficient (Wildman–Crippen LogP) is 18.4. The van der Waals surface area contributed by atoms with Gasteiger partial charge in [-0.05, 0) is 102 Å². The highest BCUT2D eigenvalue weighted by molar-refractivity contribution is 7.26. The lowest BCUT2D eigenvalue weighted by atomic mass is 9.80. The first-order valence-electron chi connectivity index (χ1n) is 22.8. The minimum atomic E-state index is -0.173. The number of fused-ring (bicyclic) bond motifs is 8. The van der Waals surface area contributed by atoms with Crippen molar-refractivity contribution in [1.82, 2.24) is 0 Å². The largest absolute Gasteiger partial charge is 0.309 e. The molecule has 12 rings (SSSR count). The van der Waals surface area contributed by atoms with Gasteiger partial charge in [0.15, 0.2) is 0 Å². The van der Waals surface area contributed by atoms with Gasteiger partial charge in [-0.1, -0.05) is 211 Å². The second-order valence-corrected chi connectivity index (χ2v) is 20.3. The summed E-state index contributed by atoms with van der Waals surface area (Å²) in [5.74, 6) is 0. The van der Waals surface area contributed by atoms with Gasteiger partial charge in [-0.15, -0.1) is 11.3 Å². The Morgan fingerprint density at radius 3 is 1.85 bits per heavy atom. The lowest BCUT2D eigenvalue weighted by Gasteiger charge is -2.34. The Labute approximate surface area is 385 Å². The minimum absolute atomic E-state index is 0.0914. The first-order valence-corrected chi connectivity index (χ1v) is 23.7. The molecule has 0 atom stereocenters. The summed E-state index contributed by atoms with van der Waals surface area (Å²) in [4.78, 5) is 2.60. The minimum Gasteiger partial charge on any atom is -0.309 e. The smallest absolute Gasteiger partial charge is 0.0618 e. The third-order valence-electron chi connectivity index (χ3n) is 14.0. The zero-order valence-electron chi connectivity index (χ0n) is 37.5. The zero-order chi connectivity index (χ0) is 44.0. The van der Waals surface area contributed by atoms with Crippen molar-refractivity contribution in [1.29, 1.82) is 0 Å². The van der Waals surface area contributed by atoms with E-state index in [4.69, 9.17) is 0 Å². The molecule has 0 N–H and O–H groups in total. The van der Waals surface area contributed by atoms with Crippen molar-refractivity contribution in [3.63, 3.8) is 0 Å². The molecule has 0 saturated heterocycles. The van der Waals surface area contributed by atoms with Crippen molar-refractivity contribution in [3.05, 3.63) is 223 Å². The van der Waals surface area contributed by atoms with E-state index in [1.165, 1.54) is 109 Å². The van der Waals surface area contributed by atoms with Gasteiger partial charge >= 0.3 is 0 Å². The first kappa shape index (κ1) is 39.3. The monoisotopic (exact) mass is 851 g/mol. The second-order valence-electron chi connectivity index (χ2n) is 19.3. The molecule has 0 fully saturated rings. The molecule has 1 nitrogen and oxygen atoms in total. The predicted molar refractivity (Wildman–Crippen MR) is 282 cm³/mol. The van der Waals surface area contributed by atoms with Crippen LogP contribution in [0.2, 0.25) is 0 Å². The summed E-state index contributed by atoms with van der Waals surface area (Å²) in [6.07, 6.45) is 0. The van der Waals surface area contributed by atoms with E-state index >= 15 is 0 Å². The van der Waals surface area contributed by atoms with Crippen LogP contribution in [-0.2, 0) is 10.8 Å². The summed E-state index contributed by atoms with van der Waals surface area (Å²) in [5, 5.41) is 7.58. The van der Waals surface area contributed by atoms with E-state index in [-0.39, 0.29) is 10.8 Å². The van der Waals surface area contributed by atoms with Crippen LogP contribution in [0, 0.1) is 0 Å². The summed E-state index contributed by atoms with van der Waals surface area (Å²) in [6, 6.07) is 77.3. The standard InChI is InChI=1S/C63H49NS/c1-62(2,3)55-39-53(40-18-7-6-8-19-40)60(51-25-12-11-23-48(51)55)64(44-35-36-49-47-22-13-15-28-54(47)63(4,5)56(49)38-44)57-37-34-41-20-9-10-21-45(41)59(57)43-32-30-42(31-33-43)46-26-17-27-52-50-24-14-16-29-58(50)65-61(46)52/h6-39H,1-5H3. The van der Waals surface area contributed by atoms with Crippen molar-refractivity contribution in [2.24, 2.45) is 0 Å². The van der Waals surface area contributed by atoms with Crippen molar-refractivity contribution < 1.29 is 0 Å². The Balaban J connectivity index is 1.15. The van der Waals surface area contributed by atoms with Crippen LogP contribution in [-0.4, -0.2) is 0 Å². The molecule has 312 valence electrons. The van der Waals surface area contributed by atoms with Crippen molar-refractivity contribution in [2.75, 3.05) is 4.90 Å². The van der Waals surface area contributed by atoms with Crippen molar-refractivity contribution in [2.45, 2.75) is 45.4 Å². The average Bonchev–Trinajstić information content (AvgIpc) is 3.83. The molecule has 0 amide bonds. The molecule has 0 spiro atoms. The van der Waals surface area contributed by atoms with Gasteiger partial charge in [-0.25, -0.2) is 0 Å². The number of anilines is 3. The van der Waals surface area contributed by atoms with Crippen LogP contribution in [0.5, 0.6) is 0 Å². The highest BCUT2D eigenvalue weighted by Gasteiger charge is 2.36. The van der Waals surface area contributed by atoms with Crippen LogP contribution >= 0.6 is 11.3 Å². The fraction of sp³-hybridized carbons (Fsp3) is 0.111. The van der Waals surface area contributed by atoms with Gasteiger partial charge in [0.2, 0.25) is 0 Å². The van der Waals surface area contributed by atoms with E-state index in [1.807, 2.05) is 11.3 Å². The number of nitrogens with zero attached hydrogens (tertiary/aromatic N) is 1. The van der Waals surface area contributed by atoms with Crippen LogP contribution in [0.4, 0.5) is 17.1 Å². The molecule has 0 aliphatic heterocycles. The molecule has 11 aromatic rings. The molecule has 1 heterocycles. The third-order valence-corrected chi connectivity index (χ3v) is 15.2. The van der Waals surface area contributed by atoms with Crippen LogP contribution in [0.3, 0.4) is 0 Å². The molecule has 0 unspecified atom stereocenters. The van der Waals surface area contributed by atoms with Gasteiger partial charge in [0.25, 0.3) is 0 Å². The number of rotatable bonds is 6. The van der Waals surface area contributed by atoms with E-state index in [0.29, 0.717) is 0 Å². The first-order chi connectivity index (χ1) is 31.6. The number of hydrogen-bond donors (Lipinski definition) is 0. The van der Waals surface area contributed by atoms with Gasteiger partial charge in [-0.3, -0.25) is 0 Å². The highest BCUT2D eigenvalue weighted by Crippen LogP contribution is 2.55. The molecular weight excluding hydrogens is 803 g/mol. The number of thiophene rings is 1. The maximum absolute atomic E-state index is 2.60. The van der Waals surface area contributed by atoms with E-state index in [0.717, 1.165) is 11.4 Å². The van der Waals surface area contributed by atoms with Crippen LogP contribution in [0.15, 0.2) is 206 Å². The second kappa shape index (κ2) is 14.9. The van der Waals surface area contributed by atoms with E-state index in [9.17, 15) is 0 Å². The third kappa shape index (κ3) is 6.26. The molecule has 65 heavy (non-hydrogen) atoms. The summed E-state index contributed by atoms with van der Waals surface area (Å²) in [6.45, 7) is 11.8. The average molecular weight is 852 g/mol. The zero-order valence-corrected chi connectivity index (χ0v) is 38.3. The summed E-state index contributed by atoms with van der Waals surface area (Å²) >= 11 is 1.89. The van der Waals surface area contributed by atoms with Crippen molar-refractivity contribution >= 4 is 70.1 Å². The quantitative estimate of drug-likeness (QED) is 0.161. The normalized spacial score (nSPS) is 13.1. The molecule has 1 aromatic heterocycles. The molecule has 0 saturated carbocycles. The molecule has 10 aromatic carbocycles. The van der Waals surface area contributed by atoms with E-state index in [2.05, 4.69) is 246 Å². The highest BCUT2D eigenvalue weighted by atomic mass is 32.1. The Morgan fingerprint density at radius 2 is 1.05 bits per heavy atom. The van der Waals surface area contributed by atoms with Crippen LogP contribution in [0.25, 0.3) is 86.2 Å². The summed E-state index contributed by atoms with van der Waals surface area (Å²) < 4.78 is 2.66. The Bertz CT molecular complexity index is 3660. The van der Waals surface area contributed by atoms with E-state index in [1.54, 1.807) is 0 Å². The Morgan fingerprint density at radius 1 is 0.431 bits per heavy atom. The molecular formula is C63H49NS. The van der Waals surface area contributed by atoms with Gasteiger partial charge in [-0.2, -0.15) is 0 Å². The van der Waals surface area contributed by atoms with Gasteiger partial charge in [0, 0.05) is 47.8 Å². The molecule has 1 aliphatic rings. The Hall–Kier alpha value is -7.26. The molecule has 2 heteroatoms. The lowest BCUT2D eigenvalue weighted by Crippen LogP contribution is -2.18. The fourth-order valence-electron chi connectivity index (χ4n) is 10.8. The van der Waals surface area contributed by atoms with E-state index < -0.39 is 0 Å². The maximum atomic E-state index is 2.60. The number of benzene rings is 10. The Kier molecular flexibility index (Phi) is 9.02. The topological polar surface area (TPSA) is 3.24 Å². The van der Waals surface area contributed by atoms with Gasteiger partial charge in [0.1, 0.15) is 0 Å². The van der Waals surface area contributed by atoms with Crippen LogP contribution < -0.4 is 4.90 Å². The van der Waals surface area contributed by atoms with Crippen LogP contribution in [0.1, 0.15) is 51.3 Å². The van der Waals surface area contributed by atoms with Gasteiger partial charge in [0.05, 0.1) is 11.4 Å². The summed E-state index contributed by atoms with van der Waals surface area (Å²) in [7, 11) is 0. The molecule has 0 bridgehead atoms.